The average molecular weight is 244 g/mol. The number of esters is 1. The van der Waals surface area contributed by atoms with Crippen molar-refractivity contribution in [1.82, 2.24) is 0 Å². The number of methoxy groups -OCH3 is 1. The van der Waals surface area contributed by atoms with Gasteiger partial charge in [-0.1, -0.05) is 44.1 Å². The number of benzene rings is 1. The average Bonchev–Trinajstić information content (AvgIpc) is 2.42. The van der Waals surface area contributed by atoms with Gasteiger partial charge in [-0.3, -0.25) is 0 Å². The molecule has 0 unspecified atom stereocenters. The second-order valence-corrected chi connectivity index (χ2v) is 4.18. The molecule has 0 bridgehead atoms. The van der Waals surface area contributed by atoms with Crippen molar-refractivity contribution in [3.8, 4) is 11.8 Å². The second-order valence-electron chi connectivity index (χ2n) is 4.18. The van der Waals surface area contributed by atoms with Gasteiger partial charge < -0.3 is 4.74 Å². The molecule has 0 aliphatic rings. The summed E-state index contributed by atoms with van der Waals surface area (Å²) in [4.78, 5) is 11.3. The second kappa shape index (κ2) is 8.36. The lowest BCUT2D eigenvalue weighted by Gasteiger charge is -1.98. The van der Waals surface area contributed by atoms with Gasteiger partial charge in [0.25, 0.3) is 0 Å². The minimum Gasteiger partial charge on any atom is -0.465 e. The minimum absolute atomic E-state index is 0.318. The van der Waals surface area contributed by atoms with Crippen LogP contribution in [0.4, 0.5) is 0 Å². The molecule has 0 saturated carbocycles. The van der Waals surface area contributed by atoms with E-state index in [2.05, 4.69) is 23.5 Å². The molecule has 18 heavy (non-hydrogen) atoms. The van der Waals surface area contributed by atoms with Crippen LogP contribution in [0.2, 0.25) is 0 Å². The Morgan fingerprint density at radius 2 is 2.11 bits per heavy atom. The first kappa shape index (κ1) is 14.3. The highest BCUT2D eigenvalue weighted by Gasteiger charge is 2.03. The lowest BCUT2D eigenvalue weighted by Crippen LogP contribution is -2.00. The SMILES string of the molecule is CCCCCCC#Cc1cccc(C(=O)OC)c1. The van der Waals surface area contributed by atoms with E-state index in [9.17, 15) is 4.79 Å². The summed E-state index contributed by atoms with van der Waals surface area (Å²) in [7, 11) is 1.38. The van der Waals surface area contributed by atoms with Crippen LogP contribution in [0, 0.1) is 11.8 Å². The van der Waals surface area contributed by atoms with Crippen LogP contribution in [0.15, 0.2) is 24.3 Å². The predicted octanol–water partition coefficient (Wildman–Crippen LogP) is 3.80. The van der Waals surface area contributed by atoms with E-state index >= 15 is 0 Å². The fraction of sp³-hybridized carbons (Fsp3) is 0.438. The van der Waals surface area contributed by atoms with Crippen LogP contribution in [-0.2, 0) is 4.74 Å². The van der Waals surface area contributed by atoms with Crippen LogP contribution in [0.5, 0.6) is 0 Å². The monoisotopic (exact) mass is 244 g/mol. The highest BCUT2D eigenvalue weighted by atomic mass is 16.5. The molecule has 0 saturated heterocycles. The summed E-state index contributed by atoms with van der Waals surface area (Å²) in [5.74, 6) is 5.91. The Labute approximate surface area is 109 Å². The third kappa shape index (κ3) is 5.05. The van der Waals surface area contributed by atoms with Crippen LogP contribution >= 0.6 is 0 Å². The maximum atomic E-state index is 11.3. The van der Waals surface area contributed by atoms with Crippen molar-refractivity contribution >= 4 is 5.97 Å². The van der Waals surface area contributed by atoms with Crippen molar-refractivity contribution in [1.29, 1.82) is 0 Å². The van der Waals surface area contributed by atoms with E-state index in [1.165, 1.54) is 26.4 Å². The first-order chi connectivity index (χ1) is 8.77. The molecule has 0 radical (unpaired) electrons. The van der Waals surface area contributed by atoms with E-state index in [0.29, 0.717) is 5.56 Å². The molecule has 0 N–H and O–H groups in total. The molecule has 0 aliphatic carbocycles. The number of hydrogen-bond acceptors (Lipinski definition) is 2. The van der Waals surface area contributed by atoms with Gasteiger partial charge in [0.05, 0.1) is 12.7 Å². The van der Waals surface area contributed by atoms with Gasteiger partial charge in [0.1, 0.15) is 0 Å². The van der Waals surface area contributed by atoms with Crippen LogP contribution in [0.1, 0.15) is 54.9 Å². The molecule has 0 spiro atoms. The molecule has 1 rings (SSSR count). The third-order valence-electron chi connectivity index (χ3n) is 2.67. The minimum atomic E-state index is -0.318. The molecule has 1 aromatic rings. The summed E-state index contributed by atoms with van der Waals surface area (Å²) in [6.45, 7) is 2.20. The Balaban J connectivity index is 2.52. The molecule has 0 fully saturated rings. The van der Waals surface area contributed by atoms with Crippen LogP contribution in [-0.4, -0.2) is 13.1 Å². The van der Waals surface area contributed by atoms with E-state index < -0.39 is 0 Å². The molecule has 2 heteroatoms. The van der Waals surface area contributed by atoms with Gasteiger partial charge in [0, 0.05) is 12.0 Å². The van der Waals surface area contributed by atoms with E-state index in [1.807, 2.05) is 12.1 Å². The zero-order valence-corrected chi connectivity index (χ0v) is 11.2. The fourth-order valence-corrected chi connectivity index (χ4v) is 1.65. The summed E-state index contributed by atoms with van der Waals surface area (Å²) in [5, 5.41) is 0. The molecule has 0 aliphatic heterocycles. The number of carbonyl (C=O) groups is 1. The number of ether oxygens (including phenoxy) is 1. The van der Waals surface area contributed by atoms with Crippen molar-refractivity contribution in [2.75, 3.05) is 7.11 Å². The first-order valence-electron chi connectivity index (χ1n) is 6.45. The standard InChI is InChI=1S/C16H20O2/c1-3-4-5-6-7-8-10-14-11-9-12-15(13-14)16(17)18-2/h9,11-13H,3-7H2,1-2H3. The van der Waals surface area contributed by atoms with Gasteiger partial charge in [-0.2, -0.15) is 0 Å². The summed E-state index contributed by atoms with van der Waals surface area (Å²) in [6.07, 6.45) is 5.83. The number of carbonyl (C=O) groups excluding carboxylic acids is 1. The summed E-state index contributed by atoms with van der Waals surface area (Å²) >= 11 is 0. The fourth-order valence-electron chi connectivity index (χ4n) is 1.65. The molecule has 0 amide bonds. The van der Waals surface area contributed by atoms with Crippen molar-refractivity contribution in [2.24, 2.45) is 0 Å². The Morgan fingerprint density at radius 3 is 2.83 bits per heavy atom. The van der Waals surface area contributed by atoms with E-state index in [4.69, 9.17) is 0 Å². The van der Waals surface area contributed by atoms with Crippen LogP contribution < -0.4 is 0 Å². The number of unbranched alkanes of at least 4 members (excludes halogenated alkanes) is 4. The molecule has 0 atom stereocenters. The molecular weight excluding hydrogens is 224 g/mol. The Kier molecular flexibility index (Phi) is 6.64. The van der Waals surface area contributed by atoms with E-state index in [1.54, 1.807) is 12.1 Å². The van der Waals surface area contributed by atoms with Gasteiger partial charge in [0.15, 0.2) is 0 Å². The zero-order valence-electron chi connectivity index (χ0n) is 11.2. The Hall–Kier alpha value is -1.75. The van der Waals surface area contributed by atoms with Gasteiger partial charge in [-0.25, -0.2) is 4.79 Å². The first-order valence-corrected chi connectivity index (χ1v) is 6.45. The molecule has 0 heterocycles. The summed E-state index contributed by atoms with van der Waals surface area (Å²) in [6, 6.07) is 7.24. The largest absolute Gasteiger partial charge is 0.465 e. The van der Waals surface area contributed by atoms with Gasteiger partial charge in [-0.05, 0) is 24.6 Å². The molecular formula is C16H20O2. The maximum absolute atomic E-state index is 11.3. The van der Waals surface area contributed by atoms with Crippen molar-refractivity contribution in [2.45, 2.75) is 39.0 Å². The quantitative estimate of drug-likeness (QED) is 0.447. The molecule has 96 valence electrons. The van der Waals surface area contributed by atoms with Gasteiger partial charge >= 0.3 is 5.97 Å². The highest BCUT2D eigenvalue weighted by molar-refractivity contribution is 5.89. The third-order valence-corrected chi connectivity index (χ3v) is 2.67. The number of hydrogen-bond donors (Lipinski definition) is 0. The van der Waals surface area contributed by atoms with Crippen molar-refractivity contribution in [3.05, 3.63) is 35.4 Å². The summed E-state index contributed by atoms with van der Waals surface area (Å²) < 4.78 is 4.67. The molecule has 2 nitrogen and oxygen atoms in total. The van der Waals surface area contributed by atoms with Crippen molar-refractivity contribution < 1.29 is 9.53 Å². The normalized spacial score (nSPS) is 9.44. The van der Waals surface area contributed by atoms with Gasteiger partial charge in [0.2, 0.25) is 0 Å². The molecule has 0 aromatic heterocycles. The highest BCUT2D eigenvalue weighted by Crippen LogP contribution is 2.06. The topological polar surface area (TPSA) is 26.3 Å². The van der Waals surface area contributed by atoms with Crippen LogP contribution in [0.3, 0.4) is 0 Å². The smallest absolute Gasteiger partial charge is 0.337 e. The van der Waals surface area contributed by atoms with Gasteiger partial charge in [-0.15, -0.1) is 0 Å². The maximum Gasteiger partial charge on any atom is 0.337 e. The number of rotatable bonds is 5. The Bertz CT molecular complexity index is 438. The van der Waals surface area contributed by atoms with E-state index in [-0.39, 0.29) is 5.97 Å². The van der Waals surface area contributed by atoms with Crippen molar-refractivity contribution in [3.63, 3.8) is 0 Å². The molecule has 1 aromatic carbocycles. The van der Waals surface area contributed by atoms with E-state index in [0.717, 1.165) is 18.4 Å². The lowest BCUT2D eigenvalue weighted by molar-refractivity contribution is 0.0600. The zero-order chi connectivity index (χ0) is 13.2. The lowest BCUT2D eigenvalue weighted by atomic mass is 10.1. The predicted molar refractivity (Wildman–Crippen MR) is 73.4 cm³/mol. The summed E-state index contributed by atoms with van der Waals surface area (Å²) in [5.41, 5.74) is 1.42. The Morgan fingerprint density at radius 1 is 1.28 bits per heavy atom. The van der Waals surface area contributed by atoms with Crippen LogP contribution in [0.25, 0.3) is 0 Å².